The average molecular weight is 225 g/mol. The second-order valence-electron chi connectivity index (χ2n) is 3.26. The molecule has 1 rings (SSSR count). The fourth-order valence-corrected chi connectivity index (χ4v) is 1.63. The lowest BCUT2D eigenvalue weighted by atomic mass is 10.1. The normalized spacial score (nSPS) is 12.5. The SMILES string of the molecule is CN(CCO)C(C#N)c1ccccc1Cl. The molecule has 0 bridgehead atoms. The molecule has 3 nitrogen and oxygen atoms in total. The molecular formula is C11H13ClN2O. The van der Waals surface area contributed by atoms with E-state index < -0.39 is 6.04 Å². The van der Waals surface area contributed by atoms with Crippen molar-refractivity contribution in [1.29, 1.82) is 5.26 Å². The van der Waals surface area contributed by atoms with Gasteiger partial charge in [0.1, 0.15) is 6.04 Å². The minimum absolute atomic E-state index is 0.0269. The summed E-state index contributed by atoms with van der Waals surface area (Å²) in [6, 6.07) is 9.02. The highest BCUT2D eigenvalue weighted by molar-refractivity contribution is 6.31. The average Bonchev–Trinajstić information content (AvgIpc) is 2.22. The predicted octanol–water partition coefficient (Wildman–Crippen LogP) is 1.83. The van der Waals surface area contributed by atoms with Crippen molar-refractivity contribution in [3.8, 4) is 6.07 Å². The highest BCUT2D eigenvalue weighted by Gasteiger charge is 2.17. The van der Waals surface area contributed by atoms with Crippen LogP contribution in [0.1, 0.15) is 11.6 Å². The number of benzene rings is 1. The van der Waals surface area contributed by atoms with Gasteiger partial charge in [-0.1, -0.05) is 29.8 Å². The topological polar surface area (TPSA) is 47.3 Å². The van der Waals surface area contributed by atoms with Crippen LogP contribution in [0.2, 0.25) is 5.02 Å². The smallest absolute Gasteiger partial charge is 0.125 e. The zero-order valence-corrected chi connectivity index (χ0v) is 9.28. The van der Waals surface area contributed by atoms with E-state index in [4.69, 9.17) is 22.0 Å². The van der Waals surface area contributed by atoms with E-state index >= 15 is 0 Å². The van der Waals surface area contributed by atoms with E-state index in [1.165, 1.54) is 0 Å². The van der Waals surface area contributed by atoms with Gasteiger partial charge in [-0.3, -0.25) is 4.90 Å². The van der Waals surface area contributed by atoms with Gasteiger partial charge in [0, 0.05) is 17.1 Å². The first-order chi connectivity index (χ1) is 7.20. The molecule has 0 spiro atoms. The first kappa shape index (κ1) is 12.0. The van der Waals surface area contributed by atoms with Crippen LogP contribution in [0.3, 0.4) is 0 Å². The molecule has 1 unspecified atom stereocenters. The van der Waals surface area contributed by atoms with Crippen LogP contribution >= 0.6 is 11.6 Å². The Morgan fingerprint density at radius 3 is 2.73 bits per heavy atom. The first-order valence-corrected chi connectivity index (χ1v) is 5.03. The summed E-state index contributed by atoms with van der Waals surface area (Å²) >= 11 is 6.00. The molecule has 15 heavy (non-hydrogen) atoms. The molecule has 4 heteroatoms. The van der Waals surface area contributed by atoms with Crippen LogP contribution in [0.25, 0.3) is 0 Å². The minimum atomic E-state index is -0.411. The number of rotatable bonds is 4. The second-order valence-corrected chi connectivity index (χ2v) is 3.66. The summed E-state index contributed by atoms with van der Waals surface area (Å²) < 4.78 is 0. The quantitative estimate of drug-likeness (QED) is 0.849. The van der Waals surface area contributed by atoms with E-state index in [9.17, 15) is 0 Å². The maximum absolute atomic E-state index is 9.07. The van der Waals surface area contributed by atoms with Gasteiger partial charge in [-0.25, -0.2) is 0 Å². The van der Waals surface area contributed by atoms with Gasteiger partial charge >= 0.3 is 0 Å². The summed E-state index contributed by atoms with van der Waals surface area (Å²) in [6.45, 7) is 0.475. The van der Waals surface area contributed by atoms with E-state index in [-0.39, 0.29) is 6.61 Å². The Hall–Kier alpha value is -1.08. The molecule has 0 aliphatic heterocycles. The van der Waals surface area contributed by atoms with Crippen LogP contribution in [0, 0.1) is 11.3 Å². The Kier molecular flexibility index (Phi) is 4.57. The van der Waals surface area contributed by atoms with Crippen molar-refractivity contribution in [2.45, 2.75) is 6.04 Å². The number of halogens is 1. The molecule has 0 saturated carbocycles. The highest BCUT2D eigenvalue weighted by atomic mass is 35.5. The molecule has 0 heterocycles. The molecule has 1 aromatic rings. The van der Waals surface area contributed by atoms with E-state index in [0.29, 0.717) is 11.6 Å². The van der Waals surface area contributed by atoms with Crippen LogP contribution in [0.15, 0.2) is 24.3 Å². The molecule has 1 atom stereocenters. The third kappa shape index (κ3) is 2.93. The summed E-state index contributed by atoms with van der Waals surface area (Å²) in [6.07, 6.45) is 0. The van der Waals surface area contributed by atoms with E-state index in [1.807, 2.05) is 18.2 Å². The maximum Gasteiger partial charge on any atom is 0.125 e. The molecule has 0 aliphatic carbocycles. The first-order valence-electron chi connectivity index (χ1n) is 4.66. The van der Waals surface area contributed by atoms with Gasteiger partial charge in [0.25, 0.3) is 0 Å². The number of nitrogens with zero attached hydrogens (tertiary/aromatic N) is 2. The summed E-state index contributed by atoms with van der Waals surface area (Å²) in [4.78, 5) is 1.77. The second kappa shape index (κ2) is 5.72. The fraction of sp³-hybridized carbons (Fsp3) is 0.364. The van der Waals surface area contributed by atoms with Crippen molar-refractivity contribution in [3.63, 3.8) is 0 Å². The Morgan fingerprint density at radius 2 is 2.20 bits per heavy atom. The highest BCUT2D eigenvalue weighted by Crippen LogP contribution is 2.25. The van der Waals surface area contributed by atoms with E-state index in [1.54, 1.807) is 18.0 Å². The molecule has 0 saturated heterocycles. The predicted molar refractivity (Wildman–Crippen MR) is 59.5 cm³/mol. The lowest BCUT2D eigenvalue weighted by Crippen LogP contribution is -2.26. The van der Waals surface area contributed by atoms with Gasteiger partial charge < -0.3 is 5.11 Å². The van der Waals surface area contributed by atoms with Crippen LogP contribution in [0.5, 0.6) is 0 Å². The van der Waals surface area contributed by atoms with E-state index in [0.717, 1.165) is 5.56 Å². The Labute approximate surface area is 94.5 Å². The Bertz CT molecular complexity index is 362. The molecule has 0 amide bonds. The Morgan fingerprint density at radius 1 is 1.53 bits per heavy atom. The van der Waals surface area contributed by atoms with Crippen molar-refractivity contribution >= 4 is 11.6 Å². The van der Waals surface area contributed by atoms with Crippen molar-refractivity contribution in [2.75, 3.05) is 20.2 Å². The number of aliphatic hydroxyl groups excluding tert-OH is 1. The van der Waals surface area contributed by atoms with Crippen molar-refractivity contribution in [3.05, 3.63) is 34.9 Å². The van der Waals surface area contributed by atoms with Crippen LogP contribution in [-0.2, 0) is 0 Å². The molecule has 1 aromatic carbocycles. The zero-order valence-electron chi connectivity index (χ0n) is 8.52. The summed E-state index contributed by atoms with van der Waals surface area (Å²) in [5, 5.41) is 18.5. The van der Waals surface area contributed by atoms with Gasteiger partial charge in [0.15, 0.2) is 0 Å². The summed E-state index contributed by atoms with van der Waals surface area (Å²) in [7, 11) is 1.79. The summed E-state index contributed by atoms with van der Waals surface area (Å²) in [5.41, 5.74) is 0.776. The summed E-state index contributed by atoms with van der Waals surface area (Å²) in [5.74, 6) is 0. The van der Waals surface area contributed by atoms with Crippen molar-refractivity contribution in [2.24, 2.45) is 0 Å². The number of nitriles is 1. The van der Waals surface area contributed by atoms with Gasteiger partial charge in [-0.05, 0) is 13.1 Å². The molecule has 1 N–H and O–H groups in total. The van der Waals surface area contributed by atoms with E-state index in [2.05, 4.69) is 6.07 Å². The largest absolute Gasteiger partial charge is 0.395 e. The zero-order chi connectivity index (χ0) is 11.3. The van der Waals surface area contributed by atoms with Gasteiger partial charge in [0.2, 0.25) is 0 Å². The third-order valence-electron chi connectivity index (χ3n) is 2.22. The number of likely N-dealkylation sites (N-methyl/N-ethyl adjacent to an activating group) is 1. The standard InChI is InChI=1S/C11H13ClN2O/c1-14(6-7-15)11(8-13)9-4-2-3-5-10(9)12/h2-5,11,15H,6-7H2,1H3. The van der Waals surface area contributed by atoms with Gasteiger partial charge in [-0.2, -0.15) is 5.26 Å². The van der Waals surface area contributed by atoms with Crippen molar-refractivity contribution < 1.29 is 5.11 Å². The van der Waals surface area contributed by atoms with Crippen LogP contribution in [0.4, 0.5) is 0 Å². The fourth-order valence-electron chi connectivity index (χ4n) is 1.39. The number of hydrogen-bond donors (Lipinski definition) is 1. The lowest BCUT2D eigenvalue weighted by molar-refractivity contribution is 0.203. The minimum Gasteiger partial charge on any atom is -0.395 e. The van der Waals surface area contributed by atoms with Crippen LogP contribution in [-0.4, -0.2) is 30.2 Å². The van der Waals surface area contributed by atoms with Gasteiger partial charge in [0.05, 0.1) is 12.7 Å². The monoisotopic (exact) mass is 224 g/mol. The lowest BCUT2D eigenvalue weighted by Gasteiger charge is -2.22. The third-order valence-corrected chi connectivity index (χ3v) is 2.56. The number of aliphatic hydroxyl groups is 1. The molecular weight excluding hydrogens is 212 g/mol. The molecule has 0 aliphatic rings. The van der Waals surface area contributed by atoms with Crippen molar-refractivity contribution in [1.82, 2.24) is 4.90 Å². The molecule has 80 valence electrons. The Balaban J connectivity index is 2.94. The molecule has 0 aromatic heterocycles. The number of hydrogen-bond acceptors (Lipinski definition) is 3. The molecule has 0 radical (unpaired) electrons. The molecule has 0 fully saturated rings. The van der Waals surface area contributed by atoms with Crippen LogP contribution < -0.4 is 0 Å². The van der Waals surface area contributed by atoms with Gasteiger partial charge in [-0.15, -0.1) is 0 Å². The maximum atomic E-state index is 9.07.